The Morgan fingerprint density at radius 1 is 1.50 bits per heavy atom. The highest BCUT2D eigenvalue weighted by atomic mass is 16.5. The summed E-state index contributed by atoms with van der Waals surface area (Å²) in [5.74, 6) is -1.55. The van der Waals surface area contributed by atoms with Gasteiger partial charge in [0.05, 0.1) is 5.57 Å². The molecule has 0 amide bonds. The van der Waals surface area contributed by atoms with Crippen LogP contribution in [0.25, 0.3) is 0 Å². The number of carboxylic acids is 1. The molecule has 0 bridgehead atoms. The predicted molar refractivity (Wildman–Crippen MR) is 42.4 cm³/mol. The van der Waals surface area contributed by atoms with Gasteiger partial charge in [-0.15, -0.1) is 0 Å². The van der Waals surface area contributed by atoms with Crippen LogP contribution >= 0.6 is 0 Å². The van der Waals surface area contributed by atoms with E-state index in [9.17, 15) is 9.59 Å². The number of ether oxygens (including phenoxy) is 1. The maximum Gasteiger partial charge on any atom is 0.334 e. The molecule has 0 aromatic rings. The molecule has 0 heterocycles. The molecule has 0 aliphatic heterocycles. The Kier molecular flexibility index (Phi) is 4.76. The maximum atomic E-state index is 10.4. The summed E-state index contributed by atoms with van der Waals surface area (Å²) in [5, 5.41) is 8.56. The van der Waals surface area contributed by atoms with Gasteiger partial charge in [-0.3, -0.25) is 4.79 Å². The summed E-state index contributed by atoms with van der Waals surface area (Å²) in [5.41, 5.74) is 0.118. The summed E-state index contributed by atoms with van der Waals surface area (Å²) >= 11 is 0. The van der Waals surface area contributed by atoms with E-state index in [0.29, 0.717) is 12.8 Å². The van der Waals surface area contributed by atoms with Gasteiger partial charge in [0.1, 0.15) is 6.26 Å². The molecule has 0 aliphatic rings. The molecule has 0 rings (SSSR count). The SMILES string of the molecule is CCCC(=COC(C)=O)C(=O)O. The van der Waals surface area contributed by atoms with E-state index in [1.807, 2.05) is 6.92 Å². The van der Waals surface area contributed by atoms with Crippen molar-refractivity contribution in [2.75, 3.05) is 0 Å². The van der Waals surface area contributed by atoms with Crippen molar-refractivity contribution >= 4 is 11.9 Å². The Balaban J connectivity index is 4.18. The zero-order valence-electron chi connectivity index (χ0n) is 7.16. The fourth-order valence-corrected chi connectivity index (χ4v) is 0.640. The first kappa shape index (κ1) is 10.7. The number of hydrogen-bond acceptors (Lipinski definition) is 3. The van der Waals surface area contributed by atoms with Crippen molar-refractivity contribution in [3.63, 3.8) is 0 Å². The molecule has 0 unspecified atom stereocenters. The zero-order chi connectivity index (χ0) is 9.56. The van der Waals surface area contributed by atoms with E-state index in [1.54, 1.807) is 0 Å². The highest BCUT2D eigenvalue weighted by Crippen LogP contribution is 2.04. The van der Waals surface area contributed by atoms with Crippen LogP contribution in [0.1, 0.15) is 26.7 Å². The van der Waals surface area contributed by atoms with Crippen molar-refractivity contribution in [2.45, 2.75) is 26.7 Å². The monoisotopic (exact) mass is 172 g/mol. The predicted octanol–water partition coefficient (Wildman–Crippen LogP) is 1.32. The Labute approximate surface area is 70.8 Å². The van der Waals surface area contributed by atoms with Crippen molar-refractivity contribution in [1.29, 1.82) is 0 Å². The lowest BCUT2D eigenvalue weighted by Crippen LogP contribution is -2.02. The van der Waals surface area contributed by atoms with Crippen molar-refractivity contribution in [2.24, 2.45) is 0 Å². The zero-order valence-corrected chi connectivity index (χ0v) is 7.16. The molecule has 0 atom stereocenters. The van der Waals surface area contributed by atoms with Gasteiger partial charge in [0, 0.05) is 6.92 Å². The lowest BCUT2D eigenvalue weighted by Gasteiger charge is -1.98. The third kappa shape index (κ3) is 4.49. The van der Waals surface area contributed by atoms with Gasteiger partial charge in [-0.05, 0) is 6.42 Å². The van der Waals surface area contributed by atoms with E-state index in [-0.39, 0.29) is 5.57 Å². The van der Waals surface area contributed by atoms with Crippen LogP contribution in [0.3, 0.4) is 0 Å². The van der Waals surface area contributed by atoms with Crippen molar-refractivity contribution in [3.8, 4) is 0 Å². The van der Waals surface area contributed by atoms with E-state index < -0.39 is 11.9 Å². The molecule has 0 saturated heterocycles. The highest BCUT2D eigenvalue weighted by Gasteiger charge is 2.06. The first-order valence-corrected chi connectivity index (χ1v) is 3.67. The smallest absolute Gasteiger partial charge is 0.334 e. The summed E-state index contributed by atoms with van der Waals surface area (Å²) in [6.45, 7) is 3.08. The van der Waals surface area contributed by atoms with Crippen LogP contribution in [-0.4, -0.2) is 17.0 Å². The Morgan fingerprint density at radius 3 is 2.42 bits per heavy atom. The molecule has 0 saturated carbocycles. The Morgan fingerprint density at radius 2 is 2.08 bits per heavy atom. The van der Waals surface area contributed by atoms with Gasteiger partial charge in [0.2, 0.25) is 0 Å². The van der Waals surface area contributed by atoms with Crippen LogP contribution in [-0.2, 0) is 14.3 Å². The van der Waals surface area contributed by atoms with E-state index in [0.717, 1.165) is 6.26 Å². The normalized spacial score (nSPS) is 11.0. The lowest BCUT2D eigenvalue weighted by atomic mass is 10.2. The second-order valence-electron chi connectivity index (χ2n) is 2.31. The summed E-state index contributed by atoms with van der Waals surface area (Å²) in [4.78, 5) is 20.8. The van der Waals surface area contributed by atoms with Crippen molar-refractivity contribution in [1.82, 2.24) is 0 Å². The molecule has 0 aliphatic carbocycles. The maximum absolute atomic E-state index is 10.4. The number of carboxylic acid groups (broad SMARTS) is 1. The Hall–Kier alpha value is -1.32. The molecule has 4 heteroatoms. The number of carbonyl (C=O) groups is 2. The molecule has 4 nitrogen and oxygen atoms in total. The van der Waals surface area contributed by atoms with Gasteiger partial charge in [0.15, 0.2) is 0 Å². The molecule has 68 valence electrons. The minimum absolute atomic E-state index is 0.118. The second kappa shape index (κ2) is 5.35. The van der Waals surface area contributed by atoms with Gasteiger partial charge < -0.3 is 9.84 Å². The molecule has 0 fully saturated rings. The molecule has 0 aromatic carbocycles. The summed E-state index contributed by atoms with van der Waals surface area (Å²) in [7, 11) is 0. The van der Waals surface area contributed by atoms with Gasteiger partial charge in [-0.1, -0.05) is 13.3 Å². The van der Waals surface area contributed by atoms with E-state index in [2.05, 4.69) is 4.74 Å². The van der Waals surface area contributed by atoms with Gasteiger partial charge in [-0.25, -0.2) is 4.79 Å². The summed E-state index contributed by atoms with van der Waals surface area (Å²) in [6.07, 6.45) is 2.11. The standard InChI is InChI=1S/C8H12O4/c1-3-4-7(8(10)11)5-12-6(2)9/h5H,3-4H2,1-2H3,(H,10,11). The minimum atomic E-state index is -1.04. The van der Waals surface area contributed by atoms with Crippen LogP contribution < -0.4 is 0 Å². The number of rotatable bonds is 4. The lowest BCUT2D eigenvalue weighted by molar-refractivity contribution is -0.135. The second-order valence-corrected chi connectivity index (χ2v) is 2.31. The number of aliphatic carboxylic acids is 1. The van der Waals surface area contributed by atoms with E-state index in [1.165, 1.54) is 6.92 Å². The van der Waals surface area contributed by atoms with Crippen molar-refractivity contribution in [3.05, 3.63) is 11.8 Å². The third-order valence-electron chi connectivity index (χ3n) is 1.16. The first-order valence-electron chi connectivity index (χ1n) is 3.67. The van der Waals surface area contributed by atoms with Gasteiger partial charge in [-0.2, -0.15) is 0 Å². The molecule has 1 N–H and O–H groups in total. The van der Waals surface area contributed by atoms with Gasteiger partial charge in [0.25, 0.3) is 0 Å². The summed E-state index contributed by atoms with van der Waals surface area (Å²) in [6, 6.07) is 0. The molecule has 0 radical (unpaired) electrons. The highest BCUT2D eigenvalue weighted by molar-refractivity contribution is 5.86. The first-order chi connectivity index (χ1) is 5.57. The summed E-state index contributed by atoms with van der Waals surface area (Å²) < 4.78 is 4.44. The van der Waals surface area contributed by atoms with Crippen molar-refractivity contribution < 1.29 is 19.4 Å². The molecule has 12 heavy (non-hydrogen) atoms. The number of esters is 1. The van der Waals surface area contributed by atoms with Crippen LogP contribution in [0.2, 0.25) is 0 Å². The third-order valence-corrected chi connectivity index (χ3v) is 1.16. The quantitative estimate of drug-likeness (QED) is 0.394. The van der Waals surface area contributed by atoms with Crippen LogP contribution in [0.5, 0.6) is 0 Å². The molecule has 0 aromatic heterocycles. The minimum Gasteiger partial charge on any atom is -0.478 e. The van der Waals surface area contributed by atoms with Crippen LogP contribution in [0, 0.1) is 0 Å². The van der Waals surface area contributed by atoms with E-state index in [4.69, 9.17) is 5.11 Å². The van der Waals surface area contributed by atoms with Crippen LogP contribution in [0.15, 0.2) is 11.8 Å². The van der Waals surface area contributed by atoms with Crippen LogP contribution in [0.4, 0.5) is 0 Å². The number of carbonyl (C=O) groups excluding carboxylic acids is 1. The number of hydrogen-bond donors (Lipinski definition) is 1. The average Bonchev–Trinajstić information content (AvgIpc) is 1.96. The average molecular weight is 172 g/mol. The topological polar surface area (TPSA) is 63.6 Å². The Bertz CT molecular complexity index is 205. The largest absolute Gasteiger partial charge is 0.478 e. The molecular formula is C8H12O4. The fourth-order valence-electron chi connectivity index (χ4n) is 0.640. The molecule has 0 spiro atoms. The molecular weight excluding hydrogens is 160 g/mol. The fraction of sp³-hybridized carbons (Fsp3) is 0.500. The van der Waals surface area contributed by atoms with E-state index >= 15 is 0 Å². The van der Waals surface area contributed by atoms with Gasteiger partial charge >= 0.3 is 11.9 Å².